The molecule has 2 heterocycles. The van der Waals surface area contributed by atoms with Crippen LogP contribution in [0.5, 0.6) is 0 Å². The summed E-state index contributed by atoms with van der Waals surface area (Å²) in [5.41, 5.74) is 4.63. The number of furan rings is 1. The molecule has 0 saturated heterocycles. The summed E-state index contributed by atoms with van der Waals surface area (Å²) in [6, 6.07) is 22.0. The van der Waals surface area contributed by atoms with E-state index in [0.29, 0.717) is 5.82 Å². The van der Waals surface area contributed by atoms with Gasteiger partial charge in [-0.1, -0.05) is 48.5 Å². The number of hydrogen-bond acceptors (Lipinski definition) is 4. The molecule has 2 aromatic heterocycles. The Labute approximate surface area is 164 Å². The molecule has 0 aliphatic heterocycles. The number of benzene rings is 3. The Morgan fingerprint density at radius 3 is 2.22 bits per heavy atom. The summed E-state index contributed by atoms with van der Waals surface area (Å²) >= 11 is 11.9. The second-order valence-corrected chi connectivity index (χ2v) is 6.73. The van der Waals surface area contributed by atoms with Crippen LogP contribution in [0.25, 0.3) is 44.5 Å². The van der Waals surface area contributed by atoms with Gasteiger partial charge in [0.25, 0.3) is 0 Å². The maximum Gasteiger partial charge on any atom is 0.227 e. The molecule has 0 fully saturated rings. The molecule has 3 aromatic carbocycles. The van der Waals surface area contributed by atoms with Crippen LogP contribution < -0.4 is 0 Å². The summed E-state index contributed by atoms with van der Waals surface area (Å²) in [6.07, 6.45) is 0. The van der Waals surface area contributed by atoms with Gasteiger partial charge in [-0.2, -0.15) is 15.0 Å². The molecule has 0 radical (unpaired) electrons. The summed E-state index contributed by atoms with van der Waals surface area (Å²) in [5.74, 6) is 0.436. The minimum absolute atomic E-state index is 0.0679. The van der Waals surface area contributed by atoms with Gasteiger partial charge in [0.2, 0.25) is 10.6 Å². The van der Waals surface area contributed by atoms with Crippen molar-refractivity contribution in [2.75, 3.05) is 0 Å². The number of fused-ring (bicyclic) bond motifs is 3. The molecule has 130 valence electrons. The highest BCUT2D eigenvalue weighted by atomic mass is 35.5. The molecule has 0 bridgehead atoms. The molecule has 6 heteroatoms. The zero-order valence-electron chi connectivity index (χ0n) is 13.9. The van der Waals surface area contributed by atoms with Crippen molar-refractivity contribution in [1.82, 2.24) is 15.0 Å². The highest BCUT2D eigenvalue weighted by Crippen LogP contribution is 2.37. The van der Waals surface area contributed by atoms with Crippen molar-refractivity contribution < 1.29 is 4.42 Å². The van der Waals surface area contributed by atoms with E-state index in [1.807, 2.05) is 54.6 Å². The number of hydrogen-bond donors (Lipinski definition) is 0. The third-order valence-electron chi connectivity index (χ3n) is 4.42. The maximum absolute atomic E-state index is 5.99. The molecule has 0 unspecified atom stereocenters. The molecule has 5 rings (SSSR count). The topological polar surface area (TPSA) is 51.8 Å². The molecular formula is C21H11Cl2N3O. The molecule has 0 aliphatic carbocycles. The third kappa shape index (κ3) is 2.83. The lowest BCUT2D eigenvalue weighted by Crippen LogP contribution is -1.94. The number of para-hydroxylation sites is 1. The number of nitrogens with zero attached hydrogens (tertiary/aromatic N) is 3. The lowest BCUT2D eigenvalue weighted by molar-refractivity contribution is 0.669. The molecular weight excluding hydrogens is 381 g/mol. The van der Waals surface area contributed by atoms with Crippen LogP contribution >= 0.6 is 23.2 Å². The van der Waals surface area contributed by atoms with E-state index in [0.717, 1.165) is 38.6 Å². The van der Waals surface area contributed by atoms with Gasteiger partial charge in [0.05, 0.1) is 0 Å². The van der Waals surface area contributed by atoms with E-state index < -0.39 is 0 Å². The normalized spacial score (nSPS) is 11.3. The van der Waals surface area contributed by atoms with E-state index in [2.05, 4.69) is 27.1 Å². The van der Waals surface area contributed by atoms with E-state index in [4.69, 9.17) is 27.6 Å². The second-order valence-electron chi connectivity index (χ2n) is 6.05. The minimum atomic E-state index is 0.0679. The van der Waals surface area contributed by atoms with Crippen molar-refractivity contribution in [2.24, 2.45) is 0 Å². The lowest BCUT2D eigenvalue weighted by Gasteiger charge is -2.07. The molecule has 0 atom stereocenters. The van der Waals surface area contributed by atoms with Crippen LogP contribution in [0.1, 0.15) is 0 Å². The van der Waals surface area contributed by atoms with Crippen molar-refractivity contribution in [2.45, 2.75) is 0 Å². The van der Waals surface area contributed by atoms with Crippen LogP contribution in [0, 0.1) is 0 Å². The average Bonchev–Trinajstić information content (AvgIpc) is 3.06. The van der Waals surface area contributed by atoms with E-state index in [1.54, 1.807) is 0 Å². The first-order chi connectivity index (χ1) is 13.2. The fourth-order valence-corrected chi connectivity index (χ4v) is 3.66. The highest BCUT2D eigenvalue weighted by molar-refractivity contribution is 6.31. The highest BCUT2D eigenvalue weighted by Gasteiger charge is 2.13. The lowest BCUT2D eigenvalue weighted by atomic mass is 9.98. The van der Waals surface area contributed by atoms with Crippen LogP contribution in [-0.2, 0) is 0 Å². The molecule has 0 amide bonds. The first kappa shape index (κ1) is 16.2. The Hall–Kier alpha value is -2.95. The van der Waals surface area contributed by atoms with Crippen LogP contribution in [0.3, 0.4) is 0 Å². The van der Waals surface area contributed by atoms with Crippen molar-refractivity contribution in [3.8, 4) is 22.5 Å². The summed E-state index contributed by atoms with van der Waals surface area (Å²) < 4.78 is 5.99. The molecule has 5 aromatic rings. The Balaban J connectivity index is 1.74. The van der Waals surface area contributed by atoms with Gasteiger partial charge in [-0.15, -0.1) is 0 Å². The summed E-state index contributed by atoms with van der Waals surface area (Å²) in [6.45, 7) is 0. The first-order valence-corrected chi connectivity index (χ1v) is 9.03. The van der Waals surface area contributed by atoms with E-state index in [-0.39, 0.29) is 10.6 Å². The molecule has 4 nitrogen and oxygen atoms in total. The van der Waals surface area contributed by atoms with Gasteiger partial charge in [-0.05, 0) is 52.5 Å². The van der Waals surface area contributed by atoms with Gasteiger partial charge in [0.15, 0.2) is 5.82 Å². The predicted molar refractivity (Wildman–Crippen MR) is 108 cm³/mol. The molecule has 0 N–H and O–H groups in total. The molecule has 0 saturated carbocycles. The Morgan fingerprint density at radius 1 is 0.667 bits per heavy atom. The number of aromatic nitrogens is 3. The number of rotatable bonds is 2. The SMILES string of the molecule is Clc1nc(Cl)nc(-c2cccc(-c3cccc4oc5ccccc5c34)c2)n1. The van der Waals surface area contributed by atoms with Crippen molar-refractivity contribution in [3.05, 3.63) is 77.3 Å². The zero-order valence-corrected chi connectivity index (χ0v) is 15.4. The average molecular weight is 392 g/mol. The van der Waals surface area contributed by atoms with Crippen molar-refractivity contribution in [3.63, 3.8) is 0 Å². The number of halogens is 2. The smallest absolute Gasteiger partial charge is 0.227 e. The van der Waals surface area contributed by atoms with Crippen LogP contribution in [0.2, 0.25) is 10.6 Å². The monoisotopic (exact) mass is 391 g/mol. The first-order valence-electron chi connectivity index (χ1n) is 8.27. The molecule has 27 heavy (non-hydrogen) atoms. The molecule has 0 spiro atoms. The summed E-state index contributed by atoms with van der Waals surface area (Å²) in [4.78, 5) is 12.2. The Morgan fingerprint density at radius 2 is 1.37 bits per heavy atom. The minimum Gasteiger partial charge on any atom is -0.456 e. The standard InChI is InChI=1S/C21H11Cl2N3O/c22-20-24-19(25-21(23)26-20)13-6-3-5-12(11-13)14-8-4-10-17-18(14)15-7-1-2-9-16(15)27-17/h1-11H. The van der Waals surface area contributed by atoms with Crippen molar-refractivity contribution >= 4 is 45.1 Å². The quantitative estimate of drug-likeness (QED) is 0.348. The van der Waals surface area contributed by atoms with E-state index >= 15 is 0 Å². The third-order valence-corrected chi connectivity index (χ3v) is 4.75. The Kier molecular flexibility index (Phi) is 3.81. The Bertz CT molecular complexity index is 1290. The van der Waals surface area contributed by atoms with Gasteiger partial charge in [-0.25, -0.2) is 0 Å². The molecule has 0 aliphatic rings. The van der Waals surface area contributed by atoms with E-state index in [1.165, 1.54) is 0 Å². The fraction of sp³-hybridized carbons (Fsp3) is 0. The summed E-state index contributed by atoms with van der Waals surface area (Å²) in [5, 5.41) is 2.30. The van der Waals surface area contributed by atoms with Gasteiger partial charge >= 0.3 is 0 Å². The van der Waals surface area contributed by atoms with Gasteiger partial charge in [-0.3, -0.25) is 0 Å². The second kappa shape index (κ2) is 6.34. The fourth-order valence-electron chi connectivity index (χ4n) is 3.30. The van der Waals surface area contributed by atoms with Gasteiger partial charge in [0.1, 0.15) is 11.2 Å². The van der Waals surface area contributed by atoms with Crippen LogP contribution in [0.4, 0.5) is 0 Å². The predicted octanol–water partition coefficient (Wildman–Crippen LogP) is 6.41. The zero-order chi connectivity index (χ0) is 18.4. The summed E-state index contributed by atoms with van der Waals surface area (Å²) in [7, 11) is 0. The van der Waals surface area contributed by atoms with Crippen LogP contribution in [-0.4, -0.2) is 15.0 Å². The van der Waals surface area contributed by atoms with Crippen LogP contribution in [0.15, 0.2) is 71.1 Å². The van der Waals surface area contributed by atoms with Gasteiger partial charge in [0, 0.05) is 16.3 Å². The largest absolute Gasteiger partial charge is 0.456 e. The van der Waals surface area contributed by atoms with Gasteiger partial charge < -0.3 is 4.42 Å². The maximum atomic E-state index is 5.99. The van der Waals surface area contributed by atoms with E-state index in [9.17, 15) is 0 Å². The van der Waals surface area contributed by atoms with Crippen molar-refractivity contribution in [1.29, 1.82) is 0 Å².